The van der Waals surface area contributed by atoms with Crippen LogP contribution in [0.15, 0.2) is 30.6 Å². The van der Waals surface area contributed by atoms with E-state index in [-0.39, 0.29) is 11.5 Å². The number of halogens is 1. The van der Waals surface area contributed by atoms with E-state index < -0.39 is 0 Å². The summed E-state index contributed by atoms with van der Waals surface area (Å²) in [4.78, 5) is 13.1. The maximum absolute atomic E-state index is 6.12. The minimum Gasteiger partial charge on any atom is -0.399 e. The van der Waals surface area contributed by atoms with Crippen molar-refractivity contribution in [3.8, 4) is 0 Å². The molecule has 4 rings (SSSR count). The van der Waals surface area contributed by atoms with Crippen LogP contribution in [0.5, 0.6) is 0 Å². The summed E-state index contributed by atoms with van der Waals surface area (Å²) in [5.41, 5.74) is 8.61. The highest BCUT2D eigenvalue weighted by molar-refractivity contribution is 6.28. The van der Waals surface area contributed by atoms with Gasteiger partial charge in [-0.05, 0) is 49.1 Å². The average Bonchev–Trinajstić information content (AvgIpc) is 2.99. The van der Waals surface area contributed by atoms with Crippen LogP contribution in [0.4, 0.5) is 17.2 Å². The lowest BCUT2D eigenvalue weighted by molar-refractivity contribution is -0.0298. The standard InChI is InChI=1S/C16H17ClN6O/c17-16-21-14(20-11-5-3-4-10(18)8-11)13-15(22-16)23(9-19-13)12-6-1-2-7-24-12/h3-5,8-9,12H,1-2,6-7,18H2,(H,20,21,22). The fourth-order valence-electron chi connectivity index (χ4n) is 2.88. The summed E-state index contributed by atoms with van der Waals surface area (Å²) >= 11 is 6.12. The summed E-state index contributed by atoms with van der Waals surface area (Å²) in [5.74, 6) is 0.546. The Morgan fingerprint density at radius 1 is 1.29 bits per heavy atom. The van der Waals surface area contributed by atoms with Crippen molar-refractivity contribution in [2.45, 2.75) is 25.5 Å². The Bertz CT molecular complexity index is 874. The van der Waals surface area contributed by atoms with Crippen LogP contribution in [0, 0.1) is 0 Å². The van der Waals surface area contributed by atoms with Crippen molar-refractivity contribution >= 4 is 40.0 Å². The van der Waals surface area contributed by atoms with Crippen LogP contribution in [0.2, 0.25) is 5.28 Å². The lowest BCUT2D eigenvalue weighted by Crippen LogP contribution is -2.17. The molecule has 1 fully saturated rings. The summed E-state index contributed by atoms with van der Waals surface area (Å²) in [6, 6.07) is 7.41. The third-order valence-corrected chi connectivity index (χ3v) is 4.18. The average molecular weight is 345 g/mol. The third kappa shape index (κ3) is 2.88. The zero-order valence-corrected chi connectivity index (χ0v) is 13.7. The first kappa shape index (κ1) is 15.2. The molecule has 1 aliphatic heterocycles. The number of aromatic nitrogens is 4. The van der Waals surface area contributed by atoms with Gasteiger partial charge in [0.2, 0.25) is 5.28 Å². The SMILES string of the molecule is Nc1cccc(Nc2nc(Cl)nc3c2ncn3C2CCCCO2)c1. The molecule has 1 unspecified atom stereocenters. The van der Waals surface area contributed by atoms with E-state index in [0.29, 0.717) is 22.7 Å². The number of rotatable bonds is 3. The number of fused-ring (bicyclic) bond motifs is 1. The van der Waals surface area contributed by atoms with Crippen LogP contribution in [0.25, 0.3) is 11.2 Å². The molecule has 1 atom stereocenters. The Morgan fingerprint density at radius 3 is 3.00 bits per heavy atom. The van der Waals surface area contributed by atoms with Gasteiger partial charge >= 0.3 is 0 Å². The van der Waals surface area contributed by atoms with Crippen LogP contribution in [0.3, 0.4) is 0 Å². The van der Waals surface area contributed by atoms with Crippen molar-refractivity contribution in [1.82, 2.24) is 19.5 Å². The Kier molecular flexibility index (Phi) is 3.95. The zero-order chi connectivity index (χ0) is 16.5. The topological polar surface area (TPSA) is 90.9 Å². The smallest absolute Gasteiger partial charge is 0.226 e. The summed E-state index contributed by atoms with van der Waals surface area (Å²) in [6.45, 7) is 0.748. The Morgan fingerprint density at radius 2 is 2.21 bits per heavy atom. The first-order valence-corrected chi connectivity index (χ1v) is 8.23. The monoisotopic (exact) mass is 344 g/mol. The molecular formula is C16H17ClN6O. The van der Waals surface area contributed by atoms with Gasteiger partial charge in [-0.15, -0.1) is 0 Å². The molecule has 8 heteroatoms. The number of benzene rings is 1. The van der Waals surface area contributed by atoms with E-state index in [1.165, 1.54) is 0 Å². The molecule has 3 heterocycles. The molecular weight excluding hydrogens is 328 g/mol. The number of nitrogens with zero attached hydrogens (tertiary/aromatic N) is 4. The van der Waals surface area contributed by atoms with Gasteiger partial charge in [0, 0.05) is 18.0 Å². The minimum atomic E-state index is -0.0602. The molecule has 7 nitrogen and oxygen atoms in total. The van der Waals surface area contributed by atoms with Crippen molar-refractivity contribution in [2.24, 2.45) is 0 Å². The van der Waals surface area contributed by atoms with Gasteiger partial charge < -0.3 is 15.8 Å². The van der Waals surface area contributed by atoms with E-state index in [0.717, 1.165) is 31.6 Å². The van der Waals surface area contributed by atoms with Crippen molar-refractivity contribution in [3.63, 3.8) is 0 Å². The van der Waals surface area contributed by atoms with Crippen molar-refractivity contribution in [1.29, 1.82) is 0 Å². The van der Waals surface area contributed by atoms with E-state index >= 15 is 0 Å². The number of ether oxygens (including phenoxy) is 1. The molecule has 0 radical (unpaired) electrons. The lowest BCUT2D eigenvalue weighted by Gasteiger charge is -2.23. The second-order valence-electron chi connectivity index (χ2n) is 5.74. The summed E-state index contributed by atoms with van der Waals surface area (Å²) in [6.07, 6.45) is 4.81. The van der Waals surface area contributed by atoms with Crippen LogP contribution < -0.4 is 11.1 Å². The zero-order valence-electron chi connectivity index (χ0n) is 12.9. The quantitative estimate of drug-likeness (QED) is 0.558. The van der Waals surface area contributed by atoms with Gasteiger partial charge in [-0.3, -0.25) is 4.57 Å². The number of nitrogens with two attached hydrogens (primary N) is 1. The van der Waals surface area contributed by atoms with Gasteiger partial charge in [-0.25, -0.2) is 4.98 Å². The van der Waals surface area contributed by atoms with Gasteiger partial charge in [0.1, 0.15) is 6.23 Å². The number of imidazole rings is 1. The predicted molar refractivity (Wildman–Crippen MR) is 93.3 cm³/mol. The number of nitrogen functional groups attached to an aromatic ring is 1. The molecule has 0 saturated carbocycles. The largest absolute Gasteiger partial charge is 0.399 e. The Labute approximate surface area is 143 Å². The molecule has 24 heavy (non-hydrogen) atoms. The molecule has 0 bridgehead atoms. The molecule has 124 valence electrons. The van der Waals surface area contributed by atoms with E-state index in [1.54, 1.807) is 6.33 Å². The van der Waals surface area contributed by atoms with Crippen molar-refractivity contribution < 1.29 is 4.74 Å². The molecule has 0 amide bonds. The van der Waals surface area contributed by atoms with E-state index in [1.807, 2.05) is 28.8 Å². The Hall–Kier alpha value is -2.38. The van der Waals surface area contributed by atoms with Gasteiger partial charge in [-0.1, -0.05) is 6.07 Å². The summed E-state index contributed by atoms with van der Waals surface area (Å²) < 4.78 is 7.75. The molecule has 1 saturated heterocycles. The van der Waals surface area contributed by atoms with Crippen molar-refractivity contribution in [2.75, 3.05) is 17.7 Å². The Balaban J connectivity index is 1.74. The second kappa shape index (κ2) is 6.26. The van der Waals surface area contributed by atoms with E-state index in [9.17, 15) is 0 Å². The van der Waals surface area contributed by atoms with Gasteiger partial charge in [0.05, 0.1) is 6.33 Å². The maximum atomic E-state index is 6.12. The van der Waals surface area contributed by atoms with E-state index in [4.69, 9.17) is 22.1 Å². The first-order chi connectivity index (χ1) is 11.7. The molecule has 0 spiro atoms. The molecule has 3 aromatic rings. The van der Waals surface area contributed by atoms with Gasteiger partial charge in [0.25, 0.3) is 0 Å². The van der Waals surface area contributed by atoms with Gasteiger partial charge in [0.15, 0.2) is 17.0 Å². The second-order valence-corrected chi connectivity index (χ2v) is 6.08. The molecule has 1 aromatic carbocycles. The third-order valence-electron chi connectivity index (χ3n) is 4.01. The summed E-state index contributed by atoms with van der Waals surface area (Å²) in [7, 11) is 0. The summed E-state index contributed by atoms with van der Waals surface area (Å²) in [5, 5.41) is 3.37. The number of hydrogen-bond donors (Lipinski definition) is 2. The highest BCUT2D eigenvalue weighted by atomic mass is 35.5. The first-order valence-electron chi connectivity index (χ1n) is 7.85. The highest BCUT2D eigenvalue weighted by Crippen LogP contribution is 2.29. The predicted octanol–water partition coefficient (Wildman–Crippen LogP) is 3.50. The highest BCUT2D eigenvalue weighted by Gasteiger charge is 2.21. The number of hydrogen-bond acceptors (Lipinski definition) is 6. The van der Waals surface area contributed by atoms with E-state index in [2.05, 4.69) is 20.3 Å². The van der Waals surface area contributed by atoms with Gasteiger partial charge in [-0.2, -0.15) is 9.97 Å². The molecule has 3 N–H and O–H groups in total. The minimum absolute atomic E-state index is 0.0602. The van der Waals surface area contributed by atoms with Crippen LogP contribution in [-0.4, -0.2) is 26.1 Å². The lowest BCUT2D eigenvalue weighted by atomic mass is 10.2. The van der Waals surface area contributed by atoms with Crippen LogP contribution >= 0.6 is 11.6 Å². The maximum Gasteiger partial charge on any atom is 0.226 e. The fourth-order valence-corrected chi connectivity index (χ4v) is 3.05. The number of nitrogens with one attached hydrogen (secondary N) is 1. The molecule has 1 aliphatic rings. The number of anilines is 3. The molecule has 2 aromatic heterocycles. The van der Waals surface area contributed by atoms with Crippen LogP contribution in [0.1, 0.15) is 25.5 Å². The normalized spacial score (nSPS) is 18.0. The van der Waals surface area contributed by atoms with Crippen molar-refractivity contribution in [3.05, 3.63) is 35.9 Å². The van der Waals surface area contributed by atoms with Crippen LogP contribution in [-0.2, 0) is 4.74 Å². The molecule has 0 aliphatic carbocycles. The fraction of sp³-hybridized carbons (Fsp3) is 0.312.